The molecule has 1 aromatic rings. The highest BCUT2D eigenvalue weighted by Crippen LogP contribution is 2.50. The van der Waals surface area contributed by atoms with Gasteiger partial charge in [-0.1, -0.05) is 46.1 Å². The molecule has 0 radical (unpaired) electrons. The molecule has 9 aliphatic rings. The van der Waals surface area contributed by atoms with Gasteiger partial charge in [0, 0.05) is 73.1 Å². The zero-order valence-corrected chi connectivity index (χ0v) is 37.7. The van der Waals surface area contributed by atoms with E-state index in [1.165, 1.54) is 32.1 Å². The lowest BCUT2D eigenvalue weighted by Gasteiger charge is -2.49. The van der Waals surface area contributed by atoms with E-state index in [1.54, 1.807) is 6.92 Å². The van der Waals surface area contributed by atoms with Crippen LogP contribution in [0.2, 0.25) is 0 Å². The average Bonchev–Trinajstić information content (AvgIpc) is 3.89. The number of aromatic nitrogens is 1. The minimum atomic E-state index is -1.81. The van der Waals surface area contributed by atoms with Crippen LogP contribution >= 0.6 is 0 Å². The van der Waals surface area contributed by atoms with Gasteiger partial charge in [-0.25, -0.2) is 15.2 Å². The van der Waals surface area contributed by atoms with Crippen molar-refractivity contribution in [1.29, 1.82) is 0 Å². The SMILES string of the molecule is C=C(COC1CCC2NC3c4cc5c(c(=O)n4CC3C(CC)C2C1)COC(=O)[C@]5(O)CC)C(=O)N1CCC[C@@H](N2NC(C3CCC(OC4CCCCC4)CC3)C3C(N)NCNC32)C1. The first-order chi connectivity index (χ1) is 30.6. The van der Waals surface area contributed by atoms with E-state index in [0.717, 1.165) is 69.9 Å². The molecule has 4 saturated heterocycles. The third-order valence-electron chi connectivity index (χ3n) is 17.5. The molecule has 12 atom stereocenters. The fourth-order valence-corrected chi connectivity index (χ4v) is 14.1. The Bertz CT molecular complexity index is 1930. The first kappa shape index (κ1) is 44.1. The van der Waals surface area contributed by atoms with Gasteiger partial charge >= 0.3 is 5.97 Å². The third-order valence-corrected chi connectivity index (χ3v) is 17.5. The van der Waals surface area contributed by atoms with Crippen molar-refractivity contribution in [3.05, 3.63) is 45.4 Å². The molecule has 1 aromatic heterocycles. The van der Waals surface area contributed by atoms with Gasteiger partial charge in [0.1, 0.15) is 6.61 Å². The van der Waals surface area contributed by atoms with Crippen LogP contribution in [-0.2, 0) is 42.6 Å². The summed E-state index contributed by atoms with van der Waals surface area (Å²) in [4.78, 5) is 42.7. The summed E-state index contributed by atoms with van der Waals surface area (Å²) < 4.78 is 20.3. The molecule has 7 N–H and O–H groups in total. The molecule has 1 amide bonds. The molecule has 7 fully saturated rings. The zero-order valence-electron chi connectivity index (χ0n) is 37.7. The maximum Gasteiger partial charge on any atom is 0.343 e. The molecular formula is C48H74N8O7. The van der Waals surface area contributed by atoms with Crippen LogP contribution < -0.4 is 32.7 Å². The van der Waals surface area contributed by atoms with Gasteiger partial charge < -0.3 is 39.8 Å². The molecule has 15 heteroatoms. The van der Waals surface area contributed by atoms with E-state index in [-0.39, 0.29) is 85.5 Å². The number of aliphatic hydroxyl groups is 1. The van der Waals surface area contributed by atoms with Gasteiger partial charge in [-0.3, -0.25) is 20.2 Å². The fraction of sp³-hybridized carbons (Fsp3) is 0.812. The molecule has 348 valence electrons. The molecule has 0 bridgehead atoms. The second-order valence-corrected chi connectivity index (χ2v) is 20.8. The quantitative estimate of drug-likeness (QED) is 0.149. The van der Waals surface area contributed by atoms with Crippen molar-refractivity contribution in [3.8, 4) is 0 Å². The number of hydrazine groups is 1. The Kier molecular flexibility index (Phi) is 12.7. The molecule has 3 saturated carbocycles. The Morgan fingerprint density at radius 3 is 2.52 bits per heavy atom. The Morgan fingerprint density at radius 2 is 1.75 bits per heavy atom. The van der Waals surface area contributed by atoms with Crippen molar-refractivity contribution in [3.63, 3.8) is 0 Å². The van der Waals surface area contributed by atoms with E-state index in [0.29, 0.717) is 73.0 Å². The Hall–Kier alpha value is -2.73. The summed E-state index contributed by atoms with van der Waals surface area (Å²) >= 11 is 0. The highest BCUT2D eigenvalue weighted by atomic mass is 16.6. The van der Waals surface area contributed by atoms with Gasteiger partial charge in [-0.05, 0) is 101 Å². The standard InChI is InChI=1S/C48H74N8O7/c1-4-33-34-20-32(17-18-38(34)52-42-35(33)23-55-39(42)21-37-36(46(55)58)25-62-47(59)48(37,60)5-2)61-24-27(3)45(57)54-19-9-10-29(22-54)56-44-40(43(49)50-26-51-44)41(53-56)28-13-15-31(16-14-28)63-30-11-7-6-8-12-30/h21,28-35,38,40-44,50-53,60H,3-20,22-26,49H2,1-2H3/t28?,29-,31?,32?,33?,34?,35?,38?,40?,41?,42?,43?,44?,48+/m1/s1. The maximum absolute atomic E-state index is 14.1. The summed E-state index contributed by atoms with van der Waals surface area (Å²) in [5.41, 5.74) is 11.0. The molecule has 63 heavy (non-hydrogen) atoms. The fourth-order valence-electron chi connectivity index (χ4n) is 14.1. The lowest BCUT2D eigenvalue weighted by molar-refractivity contribution is -0.172. The number of nitrogens with zero attached hydrogens (tertiary/aromatic N) is 3. The predicted octanol–water partition coefficient (Wildman–Crippen LogP) is 3.38. The van der Waals surface area contributed by atoms with E-state index >= 15 is 0 Å². The van der Waals surface area contributed by atoms with Crippen molar-refractivity contribution in [2.45, 2.75) is 190 Å². The average molecular weight is 875 g/mol. The van der Waals surface area contributed by atoms with Gasteiger partial charge in [0.05, 0.1) is 48.9 Å². The van der Waals surface area contributed by atoms with Crippen LogP contribution in [0, 0.1) is 29.6 Å². The Labute approximate surface area is 372 Å². The van der Waals surface area contributed by atoms with Gasteiger partial charge in [-0.15, -0.1) is 0 Å². The smallest absolute Gasteiger partial charge is 0.343 e. The van der Waals surface area contributed by atoms with Gasteiger partial charge in [0.2, 0.25) is 0 Å². The molecule has 6 aliphatic heterocycles. The van der Waals surface area contributed by atoms with E-state index in [2.05, 4.69) is 39.9 Å². The van der Waals surface area contributed by atoms with Crippen molar-refractivity contribution >= 4 is 11.9 Å². The number of likely N-dealkylation sites (tertiary alicyclic amines) is 1. The number of amides is 1. The van der Waals surface area contributed by atoms with E-state index in [9.17, 15) is 19.5 Å². The summed E-state index contributed by atoms with van der Waals surface area (Å²) in [6, 6.07) is 2.57. The number of carbonyl (C=O) groups excluding carboxylic acids is 2. The molecule has 0 aromatic carbocycles. The van der Waals surface area contributed by atoms with E-state index in [4.69, 9.17) is 19.9 Å². The van der Waals surface area contributed by atoms with Crippen LogP contribution in [0.25, 0.3) is 0 Å². The van der Waals surface area contributed by atoms with E-state index < -0.39 is 11.6 Å². The van der Waals surface area contributed by atoms with Crippen LogP contribution in [0.3, 0.4) is 0 Å². The summed E-state index contributed by atoms with van der Waals surface area (Å²) in [5, 5.41) is 25.0. The number of pyridine rings is 1. The topological polar surface area (TPSA) is 185 Å². The highest BCUT2D eigenvalue weighted by Gasteiger charge is 2.54. The number of nitrogens with two attached hydrogens (primary N) is 1. The molecular weight excluding hydrogens is 801 g/mol. The predicted molar refractivity (Wildman–Crippen MR) is 236 cm³/mol. The number of hydrogen-bond acceptors (Lipinski definition) is 13. The molecule has 0 spiro atoms. The summed E-state index contributed by atoms with van der Waals surface area (Å²) in [5.74, 6) is 0.985. The van der Waals surface area contributed by atoms with Crippen molar-refractivity contribution in [1.82, 2.24) is 35.9 Å². The third kappa shape index (κ3) is 8.06. The number of ether oxygens (including phenoxy) is 3. The second kappa shape index (κ2) is 18.2. The van der Waals surface area contributed by atoms with E-state index in [1.807, 2.05) is 15.5 Å². The summed E-state index contributed by atoms with van der Waals surface area (Å²) in [6.45, 7) is 11.0. The molecule has 10 rings (SSSR count). The summed E-state index contributed by atoms with van der Waals surface area (Å²) in [6.07, 6.45) is 17.5. The monoisotopic (exact) mass is 875 g/mol. The van der Waals surface area contributed by atoms with Crippen LogP contribution in [0.5, 0.6) is 0 Å². The number of fused-ring (bicyclic) bond motifs is 6. The Balaban J connectivity index is 0.740. The highest BCUT2D eigenvalue weighted by molar-refractivity contribution is 5.93. The number of nitrogens with one attached hydrogen (secondary N) is 4. The second-order valence-electron chi connectivity index (χ2n) is 20.8. The summed E-state index contributed by atoms with van der Waals surface area (Å²) in [7, 11) is 0. The first-order valence-electron chi connectivity index (χ1n) is 25.0. The number of rotatable bonds is 10. The lowest BCUT2D eigenvalue weighted by Crippen LogP contribution is -2.66. The molecule has 10 unspecified atom stereocenters. The number of carbonyl (C=O) groups is 2. The largest absolute Gasteiger partial charge is 0.458 e. The number of esters is 1. The Morgan fingerprint density at radius 1 is 0.968 bits per heavy atom. The number of hydrogen-bond donors (Lipinski definition) is 6. The van der Waals surface area contributed by atoms with Crippen molar-refractivity contribution in [2.24, 2.45) is 35.3 Å². The lowest BCUT2D eigenvalue weighted by atomic mass is 9.65. The zero-order chi connectivity index (χ0) is 43.6. The van der Waals surface area contributed by atoms with Gasteiger partial charge in [0.15, 0.2) is 5.60 Å². The van der Waals surface area contributed by atoms with Gasteiger partial charge in [-0.2, -0.15) is 0 Å². The van der Waals surface area contributed by atoms with Crippen LogP contribution in [0.4, 0.5) is 0 Å². The maximum atomic E-state index is 14.1. The minimum Gasteiger partial charge on any atom is -0.458 e. The van der Waals surface area contributed by atoms with Crippen LogP contribution in [0.1, 0.15) is 139 Å². The molecule has 15 nitrogen and oxygen atoms in total. The first-order valence-corrected chi connectivity index (χ1v) is 25.0. The number of piperidine rings is 2. The van der Waals surface area contributed by atoms with Gasteiger partial charge in [0.25, 0.3) is 11.5 Å². The van der Waals surface area contributed by atoms with Crippen LogP contribution in [-0.4, -0.2) is 107 Å². The molecule has 3 aliphatic carbocycles. The van der Waals surface area contributed by atoms with Crippen molar-refractivity contribution < 1.29 is 28.9 Å². The normalized spacial score (nSPS) is 40.6. The van der Waals surface area contributed by atoms with Crippen LogP contribution in [0.15, 0.2) is 23.0 Å². The molecule has 7 heterocycles. The number of cyclic esters (lactones) is 1. The van der Waals surface area contributed by atoms with Crippen molar-refractivity contribution in [2.75, 3.05) is 26.4 Å². The minimum absolute atomic E-state index is 0.0144.